The number of rotatable bonds is 8. The van der Waals surface area contributed by atoms with Crippen molar-refractivity contribution in [3.63, 3.8) is 0 Å². The molecule has 2 aromatic carbocycles. The fourth-order valence-corrected chi connectivity index (χ4v) is 4.08. The molecule has 2 aromatic rings. The highest BCUT2D eigenvalue weighted by Crippen LogP contribution is 2.36. The van der Waals surface area contributed by atoms with Crippen LogP contribution in [0.5, 0.6) is 5.75 Å². The Hall–Kier alpha value is -1.50. The molecular formula is C24H34O. The first-order valence-corrected chi connectivity index (χ1v) is 10.4. The van der Waals surface area contributed by atoms with Gasteiger partial charge in [0.25, 0.3) is 0 Å². The lowest BCUT2D eigenvalue weighted by atomic mass is 9.79. The number of unbranched alkanes of at least 4 members (excludes halogenated alkanes) is 4. The Morgan fingerprint density at radius 3 is 2.36 bits per heavy atom. The van der Waals surface area contributed by atoms with E-state index >= 15 is 0 Å². The number of fused-ring (bicyclic) bond motifs is 1. The van der Waals surface area contributed by atoms with Crippen molar-refractivity contribution < 1.29 is 4.74 Å². The van der Waals surface area contributed by atoms with Crippen LogP contribution < -0.4 is 4.74 Å². The van der Waals surface area contributed by atoms with Gasteiger partial charge in [0.2, 0.25) is 0 Å². The van der Waals surface area contributed by atoms with Crippen molar-refractivity contribution in [2.75, 3.05) is 6.61 Å². The van der Waals surface area contributed by atoms with Gasteiger partial charge in [-0.1, -0.05) is 76.6 Å². The summed E-state index contributed by atoms with van der Waals surface area (Å²) in [6.07, 6.45) is 11.9. The molecule has 3 rings (SSSR count). The molecule has 0 amide bonds. The minimum atomic E-state index is 0.764. The van der Waals surface area contributed by atoms with E-state index in [0.29, 0.717) is 0 Å². The van der Waals surface area contributed by atoms with E-state index in [9.17, 15) is 0 Å². The number of ether oxygens (including phenoxy) is 1. The fraction of sp³-hybridized carbons (Fsp3) is 0.583. The number of hydrogen-bond donors (Lipinski definition) is 0. The monoisotopic (exact) mass is 338 g/mol. The Bertz CT molecular complexity index is 652. The lowest BCUT2D eigenvalue weighted by Gasteiger charge is -2.26. The van der Waals surface area contributed by atoms with Crippen LogP contribution >= 0.6 is 0 Å². The van der Waals surface area contributed by atoms with Crippen molar-refractivity contribution in [2.24, 2.45) is 5.92 Å². The Morgan fingerprint density at radius 2 is 1.56 bits per heavy atom. The van der Waals surface area contributed by atoms with Crippen LogP contribution in [0.25, 0.3) is 10.8 Å². The van der Waals surface area contributed by atoms with E-state index in [1.807, 2.05) is 0 Å². The molecule has 1 aliphatic carbocycles. The molecule has 0 spiro atoms. The SMILES string of the molecule is CCCCCCCOc1ccc2cc(C3CCC(C)CC3)ccc2c1. The van der Waals surface area contributed by atoms with Crippen LogP contribution in [0.3, 0.4) is 0 Å². The van der Waals surface area contributed by atoms with E-state index in [-0.39, 0.29) is 0 Å². The third kappa shape index (κ3) is 5.23. The summed E-state index contributed by atoms with van der Waals surface area (Å²) in [5.74, 6) is 2.69. The zero-order valence-corrected chi connectivity index (χ0v) is 16.1. The van der Waals surface area contributed by atoms with Crippen LogP contribution in [0, 0.1) is 5.92 Å². The summed E-state index contributed by atoms with van der Waals surface area (Å²) in [5, 5.41) is 2.66. The second kappa shape index (κ2) is 9.27. The van der Waals surface area contributed by atoms with Crippen LogP contribution in [0.1, 0.15) is 83.1 Å². The van der Waals surface area contributed by atoms with Crippen LogP contribution in [0.4, 0.5) is 0 Å². The van der Waals surface area contributed by atoms with Crippen LogP contribution in [0.15, 0.2) is 36.4 Å². The molecule has 1 nitrogen and oxygen atoms in total. The molecule has 1 saturated carbocycles. The summed E-state index contributed by atoms with van der Waals surface area (Å²) in [7, 11) is 0. The van der Waals surface area contributed by atoms with Gasteiger partial charge in [0.05, 0.1) is 6.61 Å². The van der Waals surface area contributed by atoms with E-state index in [0.717, 1.165) is 30.6 Å². The van der Waals surface area contributed by atoms with Crippen molar-refractivity contribution in [3.8, 4) is 5.75 Å². The quantitative estimate of drug-likeness (QED) is 0.453. The lowest BCUT2D eigenvalue weighted by molar-refractivity contribution is 0.305. The van der Waals surface area contributed by atoms with Crippen LogP contribution in [-0.2, 0) is 0 Å². The summed E-state index contributed by atoms with van der Waals surface area (Å²) in [6, 6.07) is 13.6. The normalized spacial score (nSPS) is 20.7. The van der Waals surface area contributed by atoms with Crippen molar-refractivity contribution >= 4 is 10.8 Å². The van der Waals surface area contributed by atoms with Crippen LogP contribution in [-0.4, -0.2) is 6.61 Å². The molecule has 0 atom stereocenters. The summed E-state index contributed by atoms with van der Waals surface area (Å²) in [5.41, 5.74) is 1.53. The Balaban J connectivity index is 1.57. The smallest absolute Gasteiger partial charge is 0.119 e. The van der Waals surface area contributed by atoms with Gasteiger partial charge in [-0.25, -0.2) is 0 Å². The Kier molecular flexibility index (Phi) is 6.78. The van der Waals surface area contributed by atoms with E-state index in [4.69, 9.17) is 4.74 Å². The molecular weight excluding hydrogens is 304 g/mol. The van der Waals surface area contributed by atoms with Gasteiger partial charge >= 0.3 is 0 Å². The highest BCUT2D eigenvalue weighted by atomic mass is 16.5. The summed E-state index contributed by atoms with van der Waals surface area (Å²) < 4.78 is 5.95. The summed E-state index contributed by atoms with van der Waals surface area (Å²) in [6.45, 7) is 5.49. The van der Waals surface area contributed by atoms with Gasteiger partial charge in [0.15, 0.2) is 0 Å². The van der Waals surface area contributed by atoms with E-state index < -0.39 is 0 Å². The predicted molar refractivity (Wildman–Crippen MR) is 109 cm³/mol. The maximum absolute atomic E-state index is 5.95. The van der Waals surface area contributed by atoms with Crippen molar-refractivity contribution in [1.82, 2.24) is 0 Å². The van der Waals surface area contributed by atoms with Gasteiger partial charge < -0.3 is 4.74 Å². The topological polar surface area (TPSA) is 9.23 Å². The number of hydrogen-bond acceptors (Lipinski definition) is 1. The van der Waals surface area contributed by atoms with Crippen molar-refractivity contribution in [3.05, 3.63) is 42.0 Å². The first-order chi connectivity index (χ1) is 12.3. The third-order valence-electron chi connectivity index (χ3n) is 5.84. The fourth-order valence-electron chi connectivity index (χ4n) is 4.08. The standard InChI is InChI=1S/C24H34O/c1-3-4-5-6-7-16-25-24-15-14-22-17-21(12-13-23(22)18-24)20-10-8-19(2)9-11-20/h12-15,17-20H,3-11,16H2,1-2H3. The van der Waals surface area contributed by atoms with Gasteiger partial charge in [-0.15, -0.1) is 0 Å². The first kappa shape index (κ1) is 18.3. The number of benzene rings is 2. The molecule has 1 fully saturated rings. The zero-order valence-electron chi connectivity index (χ0n) is 16.1. The van der Waals surface area contributed by atoms with Gasteiger partial charge in [-0.3, -0.25) is 0 Å². The molecule has 0 aliphatic heterocycles. The minimum Gasteiger partial charge on any atom is -0.494 e. The second-order valence-electron chi connectivity index (χ2n) is 7.99. The van der Waals surface area contributed by atoms with Crippen LogP contribution in [0.2, 0.25) is 0 Å². The molecule has 1 aliphatic rings. The van der Waals surface area contributed by atoms with Gasteiger partial charge in [-0.2, -0.15) is 0 Å². The highest BCUT2D eigenvalue weighted by Gasteiger charge is 2.19. The minimum absolute atomic E-state index is 0.764. The summed E-state index contributed by atoms with van der Waals surface area (Å²) in [4.78, 5) is 0. The Morgan fingerprint density at radius 1 is 0.840 bits per heavy atom. The van der Waals surface area contributed by atoms with Crippen molar-refractivity contribution in [2.45, 2.75) is 77.6 Å². The molecule has 0 N–H and O–H groups in total. The third-order valence-corrected chi connectivity index (χ3v) is 5.84. The van der Waals surface area contributed by atoms with Gasteiger partial charge in [0.1, 0.15) is 5.75 Å². The molecule has 0 radical (unpaired) electrons. The van der Waals surface area contributed by atoms with Gasteiger partial charge in [0, 0.05) is 0 Å². The predicted octanol–water partition coefficient (Wildman–Crippen LogP) is 7.48. The van der Waals surface area contributed by atoms with Gasteiger partial charge in [-0.05, 0) is 59.6 Å². The average Bonchev–Trinajstić information content (AvgIpc) is 2.65. The summed E-state index contributed by atoms with van der Waals surface area (Å²) >= 11 is 0. The van der Waals surface area contributed by atoms with E-state index in [1.165, 1.54) is 67.7 Å². The second-order valence-corrected chi connectivity index (χ2v) is 7.99. The molecule has 0 bridgehead atoms. The largest absolute Gasteiger partial charge is 0.494 e. The van der Waals surface area contributed by atoms with Crippen molar-refractivity contribution in [1.29, 1.82) is 0 Å². The maximum atomic E-state index is 5.95. The highest BCUT2D eigenvalue weighted by molar-refractivity contribution is 5.84. The molecule has 0 aromatic heterocycles. The molecule has 0 saturated heterocycles. The first-order valence-electron chi connectivity index (χ1n) is 10.4. The molecule has 136 valence electrons. The molecule has 0 unspecified atom stereocenters. The molecule has 25 heavy (non-hydrogen) atoms. The maximum Gasteiger partial charge on any atom is 0.119 e. The van der Waals surface area contributed by atoms with E-state index in [2.05, 4.69) is 50.2 Å². The molecule has 0 heterocycles. The van der Waals surface area contributed by atoms with E-state index in [1.54, 1.807) is 0 Å². The Labute approximate surface area is 153 Å². The average molecular weight is 339 g/mol. The zero-order chi connectivity index (χ0) is 17.5. The lowest BCUT2D eigenvalue weighted by Crippen LogP contribution is -2.10. The molecule has 1 heteroatoms.